The first kappa shape index (κ1) is 23.7. The predicted octanol–water partition coefficient (Wildman–Crippen LogP) is 5.69. The smallest absolute Gasteiger partial charge is 0.247 e. The predicted molar refractivity (Wildman–Crippen MR) is 151 cm³/mol. The minimum Gasteiger partial charge on any atom is -0.370 e. The van der Waals surface area contributed by atoms with Gasteiger partial charge in [0, 0.05) is 42.5 Å². The number of aryl methyl sites for hydroxylation is 3. The van der Waals surface area contributed by atoms with E-state index in [4.69, 9.17) is 4.98 Å². The SMILES string of the molecule is C=CC(=O)Nc1cc(Nc2ncc(C#N)c(-c3cn4c5c(cccc35)CCC4)n2)c(C)cc1N1CCCC1. The molecule has 0 bridgehead atoms. The molecule has 190 valence electrons. The van der Waals surface area contributed by atoms with Gasteiger partial charge < -0.3 is 20.1 Å². The van der Waals surface area contributed by atoms with Crippen LogP contribution in [0.25, 0.3) is 22.2 Å². The summed E-state index contributed by atoms with van der Waals surface area (Å²) < 4.78 is 2.27. The van der Waals surface area contributed by atoms with E-state index >= 15 is 0 Å². The molecule has 8 heteroatoms. The normalized spacial score (nSPS) is 14.4. The first-order valence-electron chi connectivity index (χ1n) is 13.0. The second-order valence-corrected chi connectivity index (χ2v) is 9.92. The molecule has 1 amide bonds. The molecule has 0 saturated carbocycles. The molecule has 2 aromatic heterocycles. The Kier molecular flexibility index (Phi) is 6.04. The Morgan fingerprint density at radius 1 is 1.16 bits per heavy atom. The van der Waals surface area contributed by atoms with Crippen LogP contribution >= 0.6 is 0 Å². The standard InChI is InChI=1S/C30H29N7O/c1-3-27(38)33-25-15-24(19(2)14-26(25)36-11-4-5-12-36)34-30-32-17-21(16-31)28(35-30)23-18-37-13-7-9-20-8-6-10-22(23)29(20)37/h3,6,8,10,14-15,17-18H,1,4-5,7,9,11-13H2,2H3,(H,33,38)(H,32,34,35). The number of hydrogen-bond acceptors (Lipinski definition) is 6. The third-order valence-corrected chi connectivity index (χ3v) is 7.47. The van der Waals surface area contributed by atoms with Crippen LogP contribution in [0, 0.1) is 18.3 Å². The lowest BCUT2D eigenvalue weighted by Crippen LogP contribution is -2.21. The number of carbonyl (C=O) groups is 1. The van der Waals surface area contributed by atoms with Gasteiger partial charge in [-0.25, -0.2) is 9.97 Å². The summed E-state index contributed by atoms with van der Waals surface area (Å²) in [5, 5.41) is 17.3. The van der Waals surface area contributed by atoms with Crippen molar-refractivity contribution in [2.24, 2.45) is 0 Å². The van der Waals surface area contributed by atoms with Gasteiger partial charge in [-0.1, -0.05) is 24.8 Å². The van der Waals surface area contributed by atoms with Gasteiger partial charge in [-0.2, -0.15) is 5.26 Å². The Bertz CT molecular complexity index is 1620. The minimum atomic E-state index is -0.259. The molecule has 4 aromatic rings. The van der Waals surface area contributed by atoms with Crippen molar-refractivity contribution in [2.45, 2.75) is 39.2 Å². The maximum atomic E-state index is 12.2. The van der Waals surface area contributed by atoms with E-state index in [0.717, 1.165) is 73.2 Å². The summed E-state index contributed by atoms with van der Waals surface area (Å²) in [4.78, 5) is 23.8. The van der Waals surface area contributed by atoms with Crippen LogP contribution in [-0.2, 0) is 17.8 Å². The second-order valence-electron chi connectivity index (χ2n) is 9.92. The van der Waals surface area contributed by atoms with Crippen molar-refractivity contribution >= 4 is 39.8 Å². The number of para-hydroxylation sites is 1. The molecule has 1 saturated heterocycles. The van der Waals surface area contributed by atoms with Crippen LogP contribution in [0.1, 0.15) is 36.0 Å². The lowest BCUT2D eigenvalue weighted by atomic mass is 10.0. The molecule has 0 spiro atoms. The lowest BCUT2D eigenvalue weighted by molar-refractivity contribution is -0.111. The van der Waals surface area contributed by atoms with Crippen molar-refractivity contribution in [3.05, 3.63) is 72.1 Å². The molecule has 0 radical (unpaired) electrons. The van der Waals surface area contributed by atoms with Gasteiger partial charge in [0.15, 0.2) is 0 Å². The zero-order chi connectivity index (χ0) is 26.2. The van der Waals surface area contributed by atoms with E-state index in [1.807, 2.05) is 13.0 Å². The van der Waals surface area contributed by atoms with Crippen molar-refractivity contribution < 1.29 is 4.79 Å². The fourth-order valence-corrected chi connectivity index (χ4v) is 5.62. The van der Waals surface area contributed by atoms with Crippen LogP contribution in [0.5, 0.6) is 0 Å². The number of anilines is 4. The van der Waals surface area contributed by atoms with Crippen LogP contribution in [0.2, 0.25) is 0 Å². The topological polar surface area (TPSA) is 98.9 Å². The molecular formula is C30H29N7O. The number of nitrogens with one attached hydrogen (secondary N) is 2. The van der Waals surface area contributed by atoms with Crippen LogP contribution < -0.4 is 15.5 Å². The van der Waals surface area contributed by atoms with Gasteiger partial charge >= 0.3 is 0 Å². The highest BCUT2D eigenvalue weighted by Crippen LogP contribution is 2.38. The molecule has 2 aliphatic rings. The first-order chi connectivity index (χ1) is 18.6. The highest BCUT2D eigenvalue weighted by Gasteiger charge is 2.22. The summed E-state index contributed by atoms with van der Waals surface area (Å²) in [5.41, 5.74) is 8.03. The zero-order valence-corrected chi connectivity index (χ0v) is 21.4. The van der Waals surface area contributed by atoms with Crippen LogP contribution in [0.4, 0.5) is 23.0 Å². The lowest BCUT2D eigenvalue weighted by Gasteiger charge is -2.23. The number of benzene rings is 2. The maximum absolute atomic E-state index is 12.2. The van der Waals surface area contributed by atoms with Gasteiger partial charge in [0.05, 0.1) is 34.3 Å². The number of carbonyl (C=O) groups excluding carboxylic acids is 1. The third-order valence-electron chi connectivity index (χ3n) is 7.47. The highest BCUT2D eigenvalue weighted by molar-refractivity contribution is 6.02. The summed E-state index contributed by atoms with van der Waals surface area (Å²) in [5.74, 6) is 0.134. The van der Waals surface area contributed by atoms with E-state index in [0.29, 0.717) is 22.9 Å². The number of rotatable bonds is 6. The van der Waals surface area contributed by atoms with Crippen molar-refractivity contribution in [3.63, 3.8) is 0 Å². The minimum absolute atomic E-state index is 0.259. The highest BCUT2D eigenvalue weighted by atomic mass is 16.1. The van der Waals surface area contributed by atoms with Crippen molar-refractivity contribution in [3.8, 4) is 17.3 Å². The molecule has 8 nitrogen and oxygen atoms in total. The maximum Gasteiger partial charge on any atom is 0.247 e. The Morgan fingerprint density at radius 2 is 2.00 bits per heavy atom. The van der Waals surface area contributed by atoms with Crippen molar-refractivity contribution in [1.29, 1.82) is 5.26 Å². The molecule has 0 aliphatic carbocycles. The van der Waals surface area contributed by atoms with Crippen molar-refractivity contribution in [2.75, 3.05) is 28.6 Å². The molecule has 6 rings (SSSR count). The monoisotopic (exact) mass is 503 g/mol. The van der Waals surface area contributed by atoms with E-state index in [-0.39, 0.29) is 5.91 Å². The Morgan fingerprint density at radius 3 is 2.79 bits per heavy atom. The molecule has 2 aromatic carbocycles. The molecular weight excluding hydrogens is 474 g/mol. The summed E-state index contributed by atoms with van der Waals surface area (Å²) in [6.45, 7) is 8.49. The summed E-state index contributed by atoms with van der Waals surface area (Å²) >= 11 is 0. The Balaban J connectivity index is 1.41. The molecule has 2 N–H and O–H groups in total. The molecule has 1 fully saturated rings. The van der Waals surface area contributed by atoms with E-state index < -0.39 is 0 Å². The second kappa shape index (κ2) is 9.67. The summed E-state index contributed by atoms with van der Waals surface area (Å²) in [6, 6.07) is 12.6. The quantitative estimate of drug-likeness (QED) is 0.328. The average molecular weight is 504 g/mol. The Hall–Kier alpha value is -4.64. The number of nitriles is 1. The average Bonchev–Trinajstić information content (AvgIpc) is 3.60. The van der Waals surface area contributed by atoms with Gasteiger partial charge in [0.25, 0.3) is 0 Å². The number of amides is 1. The van der Waals surface area contributed by atoms with Gasteiger partial charge in [-0.05, 0) is 61.9 Å². The summed E-state index contributed by atoms with van der Waals surface area (Å²) in [6.07, 6.45) is 9.38. The Labute approximate surface area is 221 Å². The van der Waals surface area contributed by atoms with Crippen LogP contribution in [-0.4, -0.2) is 33.5 Å². The van der Waals surface area contributed by atoms with Gasteiger partial charge in [0.1, 0.15) is 6.07 Å². The van der Waals surface area contributed by atoms with E-state index in [1.54, 1.807) is 6.20 Å². The van der Waals surface area contributed by atoms with E-state index in [2.05, 4.69) is 68.2 Å². The third kappa shape index (κ3) is 4.16. The fraction of sp³-hybridized carbons (Fsp3) is 0.267. The van der Waals surface area contributed by atoms with Crippen LogP contribution in [0.3, 0.4) is 0 Å². The number of hydrogen-bond donors (Lipinski definition) is 2. The van der Waals surface area contributed by atoms with Gasteiger partial charge in [-0.3, -0.25) is 4.79 Å². The number of aromatic nitrogens is 3. The largest absolute Gasteiger partial charge is 0.370 e. The van der Waals surface area contributed by atoms with Gasteiger partial charge in [-0.15, -0.1) is 0 Å². The molecule has 0 atom stereocenters. The zero-order valence-electron chi connectivity index (χ0n) is 21.4. The fourth-order valence-electron chi connectivity index (χ4n) is 5.62. The number of nitrogens with zero attached hydrogens (tertiary/aromatic N) is 5. The van der Waals surface area contributed by atoms with E-state index in [1.165, 1.54) is 17.2 Å². The van der Waals surface area contributed by atoms with Gasteiger partial charge in [0.2, 0.25) is 11.9 Å². The molecule has 38 heavy (non-hydrogen) atoms. The summed E-state index contributed by atoms with van der Waals surface area (Å²) in [7, 11) is 0. The molecule has 0 unspecified atom stereocenters. The van der Waals surface area contributed by atoms with E-state index in [9.17, 15) is 10.1 Å². The first-order valence-corrected chi connectivity index (χ1v) is 13.0. The molecule has 2 aliphatic heterocycles. The van der Waals surface area contributed by atoms with Crippen LogP contribution in [0.15, 0.2) is 55.4 Å². The molecule has 4 heterocycles. The van der Waals surface area contributed by atoms with Crippen molar-refractivity contribution in [1.82, 2.24) is 14.5 Å².